The molecule has 45 heavy (non-hydrogen) atoms. The van der Waals surface area contributed by atoms with Crippen LogP contribution >= 0.6 is 23.5 Å². The second-order valence-corrected chi connectivity index (χ2v) is 16.3. The highest BCUT2D eigenvalue weighted by atomic mass is 32.2. The minimum absolute atomic E-state index is 0.00622. The summed E-state index contributed by atoms with van der Waals surface area (Å²) in [4.78, 5) is 48.4. The molecule has 7 unspecified atom stereocenters. The number of ether oxygens (including phenoxy) is 6. The molecule has 0 aromatic carbocycles. The summed E-state index contributed by atoms with van der Waals surface area (Å²) in [6.07, 6.45) is -1.19. The Kier molecular flexibility index (Phi) is 10.9. The quantitative estimate of drug-likeness (QED) is 0.298. The Hall–Kier alpha value is -1.58. The van der Waals surface area contributed by atoms with Crippen LogP contribution in [0.1, 0.15) is 47.0 Å². The predicted octanol–water partition coefficient (Wildman–Crippen LogP) is 2.27. The first-order chi connectivity index (χ1) is 21.1. The molecule has 3 heterocycles. The SMILES string of the molecule is COC(=O)CC1C(O)[C@](C)(C(=O)OC)[C@]2(C)COC(OC)C12.COC(=O)CC1C(O)[C@]2(C)C(=O)OC[C@]2(C)C1C1SCCCS1. The minimum Gasteiger partial charge on any atom is -0.469 e. The monoisotopic (exact) mass is 676 g/mol. The van der Waals surface area contributed by atoms with Gasteiger partial charge in [0.2, 0.25) is 0 Å². The Labute approximate surface area is 273 Å². The molecule has 12 nitrogen and oxygen atoms in total. The highest BCUT2D eigenvalue weighted by molar-refractivity contribution is 8.17. The molecule has 0 bridgehead atoms. The van der Waals surface area contributed by atoms with Crippen molar-refractivity contribution < 1.29 is 57.8 Å². The van der Waals surface area contributed by atoms with Gasteiger partial charge in [0.15, 0.2) is 6.29 Å². The summed E-state index contributed by atoms with van der Waals surface area (Å²) < 4.78 is 31.1. The van der Waals surface area contributed by atoms with Gasteiger partial charge in [-0.2, -0.15) is 0 Å². The van der Waals surface area contributed by atoms with Crippen molar-refractivity contribution in [2.75, 3.05) is 53.2 Å². The van der Waals surface area contributed by atoms with E-state index in [0.29, 0.717) is 6.61 Å². The lowest BCUT2D eigenvalue weighted by atomic mass is 9.65. The van der Waals surface area contributed by atoms with Crippen molar-refractivity contribution in [3.63, 3.8) is 0 Å². The zero-order valence-corrected chi connectivity index (χ0v) is 29.0. The fourth-order valence-corrected chi connectivity index (χ4v) is 12.3. The Morgan fingerprint density at radius 2 is 1.38 bits per heavy atom. The van der Waals surface area contributed by atoms with Crippen LogP contribution in [0.5, 0.6) is 0 Å². The number of cyclic esters (lactones) is 1. The number of aliphatic hydroxyl groups excluding tert-OH is 2. The molecule has 5 fully saturated rings. The first kappa shape index (κ1) is 36.3. The van der Waals surface area contributed by atoms with Gasteiger partial charge >= 0.3 is 23.9 Å². The number of aliphatic hydroxyl groups is 2. The number of methoxy groups -OCH3 is 4. The third-order valence-electron chi connectivity index (χ3n) is 11.8. The number of hydrogen-bond donors (Lipinski definition) is 2. The predicted molar refractivity (Wildman–Crippen MR) is 165 cm³/mol. The first-order valence-electron chi connectivity index (χ1n) is 15.3. The maximum absolute atomic E-state index is 12.4. The van der Waals surface area contributed by atoms with Crippen LogP contribution in [0, 0.1) is 45.3 Å². The molecule has 0 aromatic heterocycles. The van der Waals surface area contributed by atoms with Gasteiger partial charge in [0.1, 0.15) is 5.41 Å². The van der Waals surface area contributed by atoms with E-state index in [2.05, 4.69) is 0 Å². The molecule has 2 aliphatic carbocycles. The van der Waals surface area contributed by atoms with Crippen LogP contribution in [-0.2, 0) is 47.6 Å². The molecule has 0 amide bonds. The van der Waals surface area contributed by atoms with Crippen molar-refractivity contribution in [2.45, 2.75) is 70.0 Å². The molecule has 0 spiro atoms. The molecular weight excluding hydrogens is 628 g/mol. The van der Waals surface area contributed by atoms with Gasteiger partial charge < -0.3 is 38.6 Å². The third-order valence-corrected chi connectivity index (χ3v) is 14.9. The molecule has 5 rings (SSSR count). The summed E-state index contributed by atoms with van der Waals surface area (Å²) in [5.74, 6) is -0.502. The standard InChI is InChI=1S/C16H24O5S2.C15H24O7/c1-15-8-21-14(19)16(15,2)12(18)9(7-10(17)20-3)11(15)13-22-5-4-6-23-13;1-14-7-22-12(20-4)10(14)8(6-9(16)19-3)11(17)15(14,2)13(18)21-5/h9,11-13,18H,4-8H2,1-3H3;8,10-12,17H,6-7H2,1-5H3/t9?,11?,12?,15-,16-;8?,10?,11?,12?,14-,15-/m11/s1. The van der Waals surface area contributed by atoms with Crippen molar-refractivity contribution in [3.05, 3.63) is 0 Å². The number of thioether (sulfide) groups is 2. The van der Waals surface area contributed by atoms with E-state index in [1.807, 2.05) is 37.4 Å². The number of carbonyl (C=O) groups excluding carboxylic acids is 4. The molecule has 14 heteroatoms. The Morgan fingerprint density at radius 1 is 0.822 bits per heavy atom. The van der Waals surface area contributed by atoms with Gasteiger partial charge in [0, 0.05) is 35.7 Å². The molecule has 3 aliphatic heterocycles. The van der Waals surface area contributed by atoms with Gasteiger partial charge in [-0.25, -0.2) is 0 Å². The van der Waals surface area contributed by atoms with Crippen molar-refractivity contribution in [1.29, 1.82) is 0 Å². The highest BCUT2D eigenvalue weighted by Gasteiger charge is 2.74. The van der Waals surface area contributed by atoms with E-state index < -0.39 is 58.0 Å². The van der Waals surface area contributed by atoms with E-state index >= 15 is 0 Å². The summed E-state index contributed by atoms with van der Waals surface area (Å²) in [6, 6.07) is 0. The van der Waals surface area contributed by atoms with E-state index in [1.165, 1.54) is 34.9 Å². The third kappa shape index (κ3) is 5.48. The molecule has 0 radical (unpaired) electrons. The molecule has 0 aromatic rings. The fraction of sp³-hybridized carbons (Fsp3) is 0.871. The average Bonchev–Trinajstić information content (AvgIpc) is 3.62. The first-order valence-corrected chi connectivity index (χ1v) is 17.4. The summed E-state index contributed by atoms with van der Waals surface area (Å²) in [5.41, 5.74) is -3.28. The molecule has 5 aliphatic rings. The van der Waals surface area contributed by atoms with Gasteiger partial charge in [-0.3, -0.25) is 19.2 Å². The van der Waals surface area contributed by atoms with Crippen molar-refractivity contribution in [1.82, 2.24) is 0 Å². The number of esters is 4. The molecule has 3 saturated heterocycles. The van der Waals surface area contributed by atoms with Crippen LogP contribution in [0.2, 0.25) is 0 Å². The maximum atomic E-state index is 12.4. The largest absolute Gasteiger partial charge is 0.469 e. The van der Waals surface area contributed by atoms with E-state index in [9.17, 15) is 29.4 Å². The fourth-order valence-electron chi connectivity index (χ4n) is 8.66. The second kappa shape index (κ2) is 13.5. The van der Waals surface area contributed by atoms with Crippen LogP contribution in [0.15, 0.2) is 0 Å². The molecular formula is C31H48O12S2. The Balaban J connectivity index is 0.000000205. The zero-order chi connectivity index (χ0) is 33.5. The van der Waals surface area contributed by atoms with Gasteiger partial charge in [-0.15, -0.1) is 23.5 Å². The van der Waals surface area contributed by atoms with Crippen LogP contribution in [0.3, 0.4) is 0 Å². The number of hydrogen-bond acceptors (Lipinski definition) is 14. The summed E-state index contributed by atoms with van der Waals surface area (Å²) in [5, 5.41) is 21.8. The summed E-state index contributed by atoms with van der Waals surface area (Å²) >= 11 is 3.76. The van der Waals surface area contributed by atoms with Crippen LogP contribution in [0.4, 0.5) is 0 Å². The van der Waals surface area contributed by atoms with E-state index in [0.717, 1.165) is 11.5 Å². The molecule has 11 atom stereocenters. The zero-order valence-electron chi connectivity index (χ0n) is 27.4. The van der Waals surface area contributed by atoms with Gasteiger partial charge in [0.25, 0.3) is 0 Å². The lowest BCUT2D eigenvalue weighted by Crippen LogP contribution is -2.49. The summed E-state index contributed by atoms with van der Waals surface area (Å²) in [7, 11) is 5.45. The van der Waals surface area contributed by atoms with Gasteiger partial charge in [-0.05, 0) is 37.7 Å². The number of carbonyl (C=O) groups is 4. The van der Waals surface area contributed by atoms with Gasteiger partial charge in [0.05, 0.1) is 69.6 Å². The Bertz CT molecular complexity index is 1150. The van der Waals surface area contributed by atoms with Crippen molar-refractivity contribution >= 4 is 47.4 Å². The number of rotatable bonds is 7. The lowest BCUT2D eigenvalue weighted by molar-refractivity contribution is -0.170. The van der Waals surface area contributed by atoms with Gasteiger partial charge in [-0.1, -0.05) is 13.8 Å². The molecule has 256 valence electrons. The van der Waals surface area contributed by atoms with Crippen LogP contribution in [-0.4, -0.2) is 110 Å². The second-order valence-electron chi connectivity index (χ2n) is 13.5. The van der Waals surface area contributed by atoms with E-state index in [1.54, 1.807) is 13.8 Å². The smallest absolute Gasteiger partial charge is 0.315 e. The normalized spacial score (nSPS) is 43.9. The Morgan fingerprint density at radius 3 is 1.89 bits per heavy atom. The highest BCUT2D eigenvalue weighted by Crippen LogP contribution is 2.67. The minimum atomic E-state index is -1.18. The summed E-state index contributed by atoms with van der Waals surface area (Å²) in [6.45, 7) is 7.94. The van der Waals surface area contributed by atoms with E-state index in [4.69, 9.17) is 28.4 Å². The van der Waals surface area contributed by atoms with E-state index in [-0.39, 0.29) is 53.7 Å². The van der Waals surface area contributed by atoms with Crippen molar-refractivity contribution in [3.8, 4) is 0 Å². The molecule has 2 N–H and O–H groups in total. The average molecular weight is 677 g/mol. The number of fused-ring (bicyclic) bond motifs is 2. The lowest BCUT2D eigenvalue weighted by Gasteiger charge is -2.40. The van der Waals surface area contributed by atoms with Crippen LogP contribution < -0.4 is 0 Å². The molecule has 2 saturated carbocycles. The topological polar surface area (TPSA) is 164 Å². The van der Waals surface area contributed by atoms with Crippen LogP contribution in [0.25, 0.3) is 0 Å². The van der Waals surface area contributed by atoms with Crippen molar-refractivity contribution in [2.24, 2.45) is 45.3 Å². The maximum Gasteiger partial charge on any atom is 0.315 e.